The number of aliphatic hydroxyl groups is 1. The summed E-state index contributed by atoms with van der Waals surface area (Å²) < 4.78 is 50.5. The summed E-state index contributed by atoms with van der Waals surface area (Å²) in [5.41, 5.74) is -1.80. The molecule has 19 heavy (non-hydrogen) atoms. The van der Waals surface area contributed by atoms with Crippen molar-refractivity contribution in [3.63, 3.8) is 0 Å². The Morgan fingerprint density at radius 2 is 1.95 bits per heavy atom. The molecule has 0 bridgehead atoms. The van der Waals surface area contributed by atoms with E-state index in [1.54, 1.807) is 0 Å². The van der Waals surface area contributed by atoms with Crippen LogP contribution >= 0.6 is 0 Å². The number of hydrogen-bond donors (Lipinski definition) is 2. The maximum absolute atomic E-state index is 13.1. The number of carboxylic acids is 1. The molecule has 2 N–H and O–H groups in total. The smallest absolute Gasteiger partial charge is 0.419 e. The highest BCUT2D eigenvalue weighted by atomic mass is 19.4. The molecule has 0 fully saturated rings. The molecule has 3 nitrogen and oxygen atoms in total. The van der Waals surface area contributed by atoms with Gasteiger partial charge in [0, 0.05) is 0 Å². The molecule has 0 saturated heterocycles. The van der Waals surface area contributed by atoms with Crippen LogP contribution in [0.15, 0.2) is 18.2 Å². The van der Waals surface area contributed by atoms with Gasteiger partial charge in [0.25, 0.3) is 0 Å². The fourth-order valence-electron chi connectivity index (χ4n) is 1.71. The molecule has 0 aliphatic carbocycles. The SMILES string of the molecule is CCC(C(=O)O)C(O)c1ccc(F)c(C(F)(F)F)c1. The van der Waals surface area contributed by atoms with Crippen molar-refractivity contribution in [1.29, 1.82) is 0 Å². The normalized spacial score (nSPS) is 15.1. The van der Waals surface area contributed by atoms with Gasteiger partial charge in [-0.1, -0.05) is 13.0 Å². The second kappa shape index (κ2) is 5.56. The first-order chi connectivity index (χ1) is 8.68. The van der Waals surface area contributed by atoms with E-state index in [1.807, 2.05) is 0 Å². The topological polar surface area (TPSA) is 57.5 Å². The van der Waals surface area contributed by atoms with Crippen LogP contribution < -0.4 is 0 Å². The van der Waals surface area contributed by atoms with Crippen molar-refractivity contribution in [3.8, 4) is 0 Å². The van der Waals surface area contributed by atoms with E-state index in [9.17, 15) is 27.5 Å². The molecule has 0 radical (unpaired) electrons. The maximum Gasteiger partial charge on any atom is 0.419 e. The van der Waals surface area contributed by atoms with Crippen molar-refractivity contribution in [3.05, 3.63) is 35.1 Å². The zero-order valence-corrected chi connectivity index (χ0v) is 9.91. The number of aliphatic hydroxyl groups excluding tert-OH is 1. The Morgan fingerprint density at radius 3 is 2.37 bits per heavy atom. The number of rotatable bonds is 4. The maximum atomic E-state index is 13.1. The summed E-state index contributed by atoms with van der Waals surface area (Å²) in [6.45, 7) is 1.48. The lowest BCUT2D eigenvalue weighted by atomic mass is 9.92. The van der Waals surface area contributed by atoms with Gasteiger partial charge in [-0.2, -0.15) is 13.2 Å². The second-order valence-corrected chi connectivity index (χ2v) is 4.03. The Morgan fingerprint density at radius 1 is 1.37 bits per heavy atom. The quantitative estimate of drug-likeness (QED) is 0.834. The monoisotopic (exact) mass is 280 g/mol. The Kier molecular flexibility index (Phi) is 4.52. The Labute approximate surface area is 106 Å². The van der Waals surface area contributed by atoms with Crippen LogP contribution in [0.3, 0.4) is 0 Å². The van der Waals surface area contributed by atoms with Gasteiger partial charge in [0.1, 0.15) is 5.82 Å². The summed E-state index contributed by atoms with van der Waals surface area (Å²) in [6, 6.07) is 1.95. The van der Waals surface area contributed by atoms with E-state index in [2.05, 4.69) is 0 Å². The predicted molar refractivity (Wildman–Crippen MR) is 57.8 cm³/mol. The third kappa shape index (κ3) is 3.44. The van der Waals surface area contributed by atoms with Crippen LogP contribution in [0.4, 0.5) is 17.6 Å². The van der Waals surface area contributed by atoms with Gasteiger partial charge in [-0.25, -0.2) is 4.39 Å². The third-order valence-electron chi connectivity index (χ3n) is 2.78. The first-order valence-electron chi connectivity index (χ1n) is 5.46. The van der Waals surface area contributed by atoms with Crippen molar-refractivity contribution in [1.82, 2.24) is 0 Å². The molecule has 2 unspecified atom stereocenters. The van der Waals surface area contributed by atoms with Gasteiger partial charge in [0.15, 0.2) is 0 Å². The number of benzene rings is 1. The average molecular weight is 280 g/mol. The van der Waals surface area contributed by atoms with Gasteiger partial charge in [0.05, 0.1) is 17.6 Å². The molecule has 0 heterocycles. The summed E-state index contributed by atoms with van der Waals surface area (Å²) in [5, 5.41) is 18.6. The highest BCUT2D eigenvalue weighted by Crippen LogP contribution is 2.34. The van der Waals surface area contributed by atoms with Crippen LogP contribution in [0.5, 0.6) is 0 Å². The molecule has 0 amide bonds. The molecule has 7 heteroatoms. The van der Waals surface area contributed by atoms with E-state index in [4.69, 9.17) is 5.11 Å². The Hall–Kier alpha value is -1.63. The van der Waals surface area contributed by atoms with Crippen LogP contribution in [-0.4, -0.2) is 16.2 Å². The van der Waals surface area contributed by atoms with Crippen LogP contribution in [-0.2, 0) is 11.0 Å². The number of aliphatic carboxylic acids is 1. The Bertz CT molecular complexity index is 471. The molecule has 1 aromatic carbocycles. The molecule has 0 spiro atoms. The molecule has 106 valence electrons. The molecular formula is C12H12F4O3. The summed E-state index contributed by atoms with van der Waals surface area (Å²) in [6.07, 6.45) is -6.48. The molecule has 0 aliphatic heterocycles. The van der Waals surface area contributed by atoms with Gasteiger partial charge >= 0.3 is 12.1 Å². The molecular weight excluding hydrogens is 268 g/mol. The van der Waals surface area contributed by atoms with E-state index < -0.39 is 35.5 Å². The lowest BCUT2D eigenvalue weighted by molar-refractivity contribution is -0.146. The molecule has 1 aromatic rings. The van der Waals surface area contributed by atoms with Gasteiger partial charge in [0.2, 0.25) is 0 Å². The standard InChI is InChI=1S/C12H12F4O3/c1-2-7(11(18)19)10(17)6-3-4-9(13)8(5-6)12(14,15)16/h3-5,7,10,17H,2H2,1H3,(H,18,19). The van der Waals surface area contributed by atoms with Gasteiger partial charge < -0.3 is 10.2 Å². The van der Waals surface area contributed by atoms with Crippen molar-refractivity contribution in [2.45, 2.75) is 25.6 Å². The minimum Gasteiger partial charge on any atom is -0.481 e. The Balaban J connectivity index is 3.19. The largest absolute Gasteiger partial charge is 0.481 e. The van der Waals surface area contributed by atoms with Gasteiger partial charge in [-0.15, -0.1) is 0 Å². The molecule has 0 aromatic heterocycles. The molecule has 1 rings (SSSR count). The number of carboxylic acid groups (broad SMARTS) is 1. The minimum absolute atomic E-state index is 0.0369. The molecule has 0 aliphatic rings. The fraction of sp³-hybridized carbons (Fsp3) is 0.417. The summed E-state index contributed by atoms with van der Waals surface area (Å²) in [7, 11) is 0. The number of alkyl halides is 3. The van der Waals surface area contributed by atoms with Crippen molar-refractivity contribution in [2.75, 3.05) is 0 Å². The predicted octanol–water partition coefficient (Wildman–Crippen LogP) is 2.99. The van der Waals surface area contributed by atoms with Crippen molar-refractivity contribution in [2.24, 2.45) is 5.92 Å². The highest BCUT2D eigenvalue weighted by Gasteiger charge is 2.35. The van der Waals surface area contributed by atoms with Crippen LogP contribution in [0.1, 0.15) is 30.6 Å². The zero-order chi connectivity index (χ0) is 14.8. The average Bonchev–Trinajstić information content (AvgIpc) is 2.28. The number of hydrogen-bond acceptors (Lipinski definition) is 2. The van der Waals surface area contributed by atoms with Crippen LogP contribution in [0.25, 0.3) is 0 Å². The number of halogens is 4. The van der Waals surface area contributed by atoms with Crippen LogP contribution in [0, 0.1) is 11.7 Å². The van der Waals surface area contributed by atoms with Crippen molar-refractivity contribution < 1.29 is 32.6 Å². The van der Waals surface area contributed by atoms with E-state index in [0.717, 1.165) is 6.07 Å². The van der Waals surface area contributed by atoms with Gasteiger partial charge in [-0.05, 0) is 24.1 Å². The van der Waals surface area contributed by atoms with E-state index in [1.165, 1.54) is 6.92 Å². The van der Waals surface area contributed by atoms with Crippen LogP contribution in [0.2, 0.25) is 0 Å². The summed E-state index contributed by atoms with van der Waals surface area (Å²) in [5.74, 6) is -4.04. The fourth-order valence-corrected chi connectivity index (χ4v) is 1.71. The summed E-state index contributed by atoms with van der Waals surface area (Å²) in [4.78, 5) is 10.8. The van der Waals surface area contributed by atoms with E-state index in [-0.39, 0.29) is 12.0 Å². The van der Waals surface area contributed by atoms with E-state index >= 15 is 0 Å². The first-order valence-corrected chi connectivity index (χ1v) is 5.46. The lowest BCUT2D eigenvalue weighted by Crippen LogP contribution is -2.22. The lowest BCUT2D eigenvalue weighted by Gasteiger charge is -2.19. The minimum atomic E-state index is -4.90. The molecule has 0 saturated carbocycles. The van der Waals surface area contributed by atoms with E-state index in [0.29, 0.717) is 12.1 Å². The molecule has 2 atom stereocenters. The highest BCUT2D eigenvalue weighted by molar-refractivity contribution is 5.71. The summed E-state index contributed by atoms with van der Waals surface area (Å²) >= 11 is 0. The number of carbonyl (C=O) groups is 1. The zero-order valence-electron chi connectivity index (χ0n) is 9.91. The van der Waals surface area contributed by atoms with Gasteiger partial charge in [-0.3, -0.25) is 4.79 Å². The second-order valence-electron chi connectivity index (χ2n) is 4.03. The van der Waals surface area contributed by atoms with Crippen molar-refractivity contribution >= 4 is 5.97 Å². The third-order valence-corrected chi connectivity index (χ3v) is 2.78. The first kappa shape index (κ1) is 15.4.